The fourth-order valence-electron chi connectivity index (χ4n) is 2.01. The number of nitrogens with zero attached hydrogens (tertiary/aromatic N) is 2. The molecule has 0 bridgehead atoms. The molecule has 0 unspecified atom stereocenters. The van der Waals surface area contributed by atoms with Gasteiger partial charge in [-0.1, -0.05) is 13.0 Å². The zero-order valence-corrected chi connectivity index (χ0v) is 13.1. The van der Waals surface area contributed by atoms with Crippen LogP contribution in [-0.2, 0) is 4.79 Å². The fourth-order valence-corrected chi connectivity index (χ4v) is 2.01. The zero-order valence-electron chi connectivity index (χ0n) is 13.1. The number of primary amides is 2. The Balaban J connectivity index is 2.34. The van der Waals surface area contributed by atoms with Crippen molar-refractivity contribution in [3.8, 4) is 0 Å². The van der Waals surface area contributed by atoms with E-state index >= 15 is 0 Å². The Kier molecular flexibility index (Phi) is 5.15. The van der Waals surface area contributed by atoms with Crippen molar-refractivity contribution < 1.29 is 9.59 Å². The minimum absolute atomic E-state index is 0.107. The molecule has 0 aliphatic heterocycles. The third-order valence-electron chi connectivity index (χ3n) is 3.26. The number of rotatable bonds is 7. The molecule has 126 valence electrons. The van der Waals surface area contributed by atoms with Crippen LogP contribution in [-0.4, -0.2) is 27.8 Å². The van der Waals surface area contributed by atoms with Crippen molar-refractivity contribution in [1.82, 2.24) is 9.97 Å². The second-order valence-corrected chi connectivity index (χ2v) is 5.08. The van der Waals surface area contributed by atoms with Crippen LogP contribution in [0, 0.1) is 0 Å². The number of nitrogens with two attached hydrogens (primary N) is 3. The maximum absolute atomic E-state index is 11.6. The minimum Gasteiger partial charge on any atom is -0.399 e. The number of aromatic nitrogens is 2. The first-order valence-corrected chi connectivity index (χ1v) is 7.26. The van der Waals surface area contributed by atoms with Crippen LogP contribution in [0.15, 0.2) is 30.5 Å². The van der Waals surface area contributed by atoms with E-state index in [1.807, 2.05) is 0 Å². The van der Waals surface area contributed by atoms with Crippen molar-refractivity contribution in [3.05, 3.63) is 36.0 Å². The monoisotopic (exact) mass is 329 g/mol. The Morgan fingerprint density at radius 1 is 1.29 bits per heavy atom. The number of benzene rings is 1. The average molecular weight is 329 g/mol. The quantitative estimate of drug-likeness (QED) is 0.464. The maximum atomic E-state index is 11.6. The topological polar surface area (TPSA) is 162 Å². The SMILES string of the molecule is CC[C@@H](Nc1ncc(C(N)=O)c(Nc2cccc(N)c2)n1)C(N)=O. The second-order valence-electron chi connectivity index (χ2n) is 5.08. The molecule has 0 spiro atoms. The molecule has 0 aliphatic carbocycles. The number of carbonyl (C=O) groups is 2. The van der Waals surface area contributed by atoms with Gasteiger partial charge in [-0.2, -0.15) is 4.98 Å². The van der Waals surface area contributed by atoms with Crippen LogP contribution in [0.25, 0.3) is 0 Å². The number of carbonyl (C=O) groups excluding carboxylic acids is 2. The zero-order chi connectivity index (χ0) is 17.7. The highest BCUT2D eigenvalue weighted by atomic mass is 16.1. The Labute approximate surface area is 138 Å². The smallest absolute Gasteiger partial charge is 0.254 e. The van der Waals surface area contributed by atoms with Gasteiger partial charge in [-0.3, -0.25) is 9.59 Å². The van der Waals surface area contributed by atoms with E-state index in [0.717, 1.165) is 0 Å². The highest BCUT2D eigenvalue weighted by Gasteiger charge is 2.17. The maximum Gasteiger partial charge on any atom is 0.254 e. The van der Waals surface area contributed by atoms with Crippen LogP contribution < -0.4 is 27.8 Å². The molecule has 8 N–H and O–H groups in total. The number of amides is 2. The number of hydrogen-bond donors (Lipinski definition) is 5. The van der Waals surface area contributed by atoms with Gasteiger partial charge in [0, 0.05) is 17.6 Å². The fraction of sp³-hybridized carbons (Fsp3) is 0.200. The molecule has 2 rings (SSSR count). The van der Waals surface area contributed by atoms with Gasteiger partial charge >= 0.3 is 0 Å². The summed E-state index contributed by atoms with van der Waals surface area (Å²) in [6.07, 6.45) is 1.74. The molecule has 2 aromatic rings. The van der Waals surface area contributed by atoms with Crippen molar-refractivity contribution in [2.24, 2.45) is 11.5 Å². The number of nitrogens with one attached hydrogen (secondary N) is 2. The lowest BCUT2D eigenvalue weighted by molar-refractivity contribution is -0.118. The molecular weight excluding hydrogens is 310 g/mol. The molecule has 0 aliphatic rings. The normalized spacial score (nSPS) is 11.5. The molecule has 0 fully saturated rings. The summed E-state index contributed by atoms with van der Waals surface area (Å²) >= 11 is 0. The predicted octanol–water partition coefficient (Wildman–Crippen LogP) is 0.577. The Bertz CT molecular complexity index is 763. The van der Waals surface area contributed by atoms with Gasteiger partial charge in [0.2, 0.25) is 11.9 Å². The molecule has 0 radical (unpaired) electrons. The summed E-state index contributed by atoms with van der Waals surface area (Å²) in [7, 11) is 0. The van der Waals surface area contributed by atoms with Crippen molar-refractivity contribution >= 4 is 35.0 Å². The summed E-state index contributed by atoms with van der Waals surface area (Å²) in [5.74, 6) is -0.859. The summed E-state index contributed by atoms with van der Waals surface area (Å²) in [5.41, 5.74) is 17.6. The van der Waals surface area contributed by atoms with Gasteiger partial charge in [-0.05, 0) is 24.6 Å². The molecule has 1 aromatic heterocycles. The molecule has 9 heteroatoms. The van der Waals surface area contributed by atoms with Crippen LogP contribution in [0.2, 0.25) is 0 Å². The highest BCUT2D eigenvalue weighted by Crippen LogP contribution is 2.21. The standard InChI is InChI=1S/C15H19N7O2/c1-2-11(13(18)24)21-15-19-7-10(12(17)23)14(22-15)20-9-5-3-4-8(16)6-9/h3-7,11H,2,16H2,1H3,(H2,17,23)(H2,18,24)(H2,19,20,21,22)/t11-/m1/s1. The van der Waals surface area contributed by atoms with E-state index in [9.17, 15) is 9.59 Å². The van der Waals surface area contributed by atoms with Crippen molar-refractivity contribution in [1.29, 1.82) is 0 Å². The van der Waals surface area contributed by atoms with Crippen molar-refractivity contribution in [3.63, 3.8) is 0 Å². The summed E-state index contributed by atoms with van der Waals surface area (Å²) < 4.78 is 0. The first kappa shape index (κ1) is 17.0. The number of hydrogen-bond acceptors (Lipinski definition) is 7. The lowest BCUT2D eigenvalue weighted by Crippen LogP contribution is -2.35. The first-order valence-electron chi connectivity index (χ1n) is 7.26. The van der Waals surface area contributed by atoms with E-state index in [1.165, 1.54) is 6.20 Å². The van der Waals surface area contributed by atoms with Crippen LogP contribution >= 0.6 is 0 Å². The third-order valence-corrected chi connectivity index (χ3v) is 3.26. The van der Waals surface area contributed by atoms with Crippen LogP contribution in [0.5, 0.6) is 0 Å². The summed E-state index contributed by atoms with van der Waals surface area (Å²) in [5, 5.41) is 5.79. The molecule has 0 saturated carbocycles. The lowest BCUT2D eigenvalue weighted by Gasteiger charge is -2.15. The number of nitrogen functional groups attached to an aromatic ring is 1. The van der Waals surface area contributed by atoms with Crippen LogP contribution in [0.1, 0.15) is 23.7 Å². The molecule has 9 nitrogen and oxygen atoms in total. The van der Waals surface area contributed by atoms with E-state index in [2.05, 4.69) is 20.6 Å². The van der Waals surface area contributed by atoms with E-state index < -0.39 is 17.9 Å². The highest BCUT2D eigenvalue weighted by molar-refractivity contribution is 5.98. The Morgan fingerprint density at radius 2 is 2.04 bits per heavy atom. The largest absolute Gasteiger partial charge is 0.399 e. The summed E-state index contributed by atoms with van der Waals surface area (Å²) in [4.78, 5) is 31.1. The van der Waals surface area contributed by atoms with Gasteiger partial charge in [-0.15, -0.1) is 0 Å². The molecule has 1 atom stereocenters. The second kappa shape index (κ2) is 7.27. The van der Waals surface area contributed by atoms with E-state index in [-0.39, 0.29) is 17.3 Å². The van der Waals surface area contributed by atoms with Crippen LogP contribution in [0.4, 0.5) is 23.1 Å². The summed E-state index contributed by atoms with van der Waals surface area (Å²) in [6, 6.07) is 6.30. The van der Waals surface area contributed by atoms with Gasteiger partial charge in [-0.25, -0.2) is 4.98 Å². The minimum atomic E-state index is -0.685. The Morgan fingerprint density at radius 3 is 2.62 bits per heavy atom. The van der Waals surface area contributed by atoms with Gasteiger partial charge < -0.3 is 27.8 Å². The van der Waals surface area contributed by atoms with E-state index in [4.69, 9.17) is 17.2 Å². The van der Waals surface area contributed by atoms with Gasteiger partial charge in [0.15, 0.2) is 0 Å². The van der Waals surface area contributed by atoms with E-state index in [0.29, 0.717) is 17.8 Å². The first-order chi connectivity index (χ1) is 11.4. The molecular formula is C15H19N7O2. The molecule has 24 heavy (non-hydrogen) atoms. The van der Waals surface area contributed by atoms with Crippen LogP contribution in [0.3, 0.4) is 0 Å². The van der Waals surface area contributed by atoms with Crippen molar-refractivity contribution in [2.75, 3.05) is 16.4 Å². The van der Waals surface area contributed by atoms with Gasteiger partial charge in [0.05, 0.1) is 0 Å². The Hall–Kier alpha value is -3.36. The molecule has 2 amide bonds. The van der Waals surface area contributed by atoms with Gasteiger partial charge in [0.1, 0.15) is 17.4 Å². The van der Waals surface area contributed by atoms with Gasteiger partial charge in [0.25, 0.3) is 5.91 Å². The van der Waals surface area contributed by atoms with E-state index in [1.54, 1.807) is 31.2 Å². The predicted molar refractivity (Wildman–Crippen MR) is 91.6 cm³/mol. The molecule has 1 aromatic carbocycles. The number of anilines is 4. The average Bonchev–Trinajstić information content (AvgIpc) is 2.52. The molecule has 1 heterocycles. The third kappa shape index (κ3) is 4.09. The lowest BCUT2D eigenvalue weighted by atomic mass is 10.2. The van der Waals surface area contributed by atoms with Crippen molar-refractivity contribution in [2.45, 2.75) is 19.4 Å². The summed E-state index contributed by atoms with van der Waals surface area (Å²) in [6.45, 7) is 1.80. The molecule has 0 saturated heterocycles.